The molecule has 1 aromatic carbocycles. The summed E-state index contributed by atoms with van der Waals surface area (Å²) in [6.45, 7) is 3.94. The van der Waals surface area contributed by atoms with Crippen molar-refractivity contribution in [2.45, 2.75) is 38.7 Å². The molecule has 0 saturated carbocycles. The van der Waals surface area contributed by atoms with Gasteiger partial charge in [0.2, 0.25) is 5.56 Å². The molecule has 0 unspecified atom stereocenters. The zero-order chi connectivity index (χ0) is 24.0. The molecule has 0 bridgehead atoms. The van der Waals surface area contributed by atoms with Crippen LogP contribution >= 0.6 is 11.6 Å². The van der Waals surface area contributed by atoms with Gasteiger partial charge in [-0.1, -0.05) is 11.6 Å². The Morgan fingerprint density at radius 2 is 1.97 bits per heavy atom. The summed E-state index contributed by atoms with van der Waals surface area (Å²) in [7, 11) is 0. The first-order chi connectivity index (χ1) is 16.3. The maximum Gasteiger partial charge on any atom is 0.277 e. The lowest BCUT2D eigenvalue weighted by molar-refractivity contribution is 0.00428. The van der Waals surface area contributed by atoms with Crippen LogP contribution < -0.4 is 11.1 Å². The van der Waals surface area contributed by atoms with Gasteiger partial charge in [0.15, 0.2) is 5.65 Å². The molecule has 2 atom stereocenters. The number of nitrogens with zero attached hydrogens (tertiary/aromatic N) is 3. The number of halogens is 2. The second-order valence-electron chi connectivity index (χ2n) is 8.54. The molecule has 34 heavy (non-hydrogen) atoms. The van der Waals surface area contributed by atoms with Crippen LogP contribution in [-0.2, 0) is 4.74 Å². The van der Waals surface area contributed by atoms with Gasteiger partial charge in [0.25, 0.3) is 5.56 Å². The van der Waals surface area contributed by atoms with E-state index in [1.807, 2.05) is 6.07 Å². The Kier molecular flexibility index (Phi) is 5.79. The molecule has 0 amide bonds. The minimum atomic E-state index is -0.503. The van der Waals surface area contributed by atoms with Gasteiger partial charge in [0.05, 0.1) is 11.8 Å². The third-order valence-corrected chi connectivity index (χ3v) is 6.62. The molecular weight excluding hydrogens is 459 g/mol. The van der Waals surface area contributed by atoms with Crippen LogP contribution in [0.2, 0.25) is 5.02 Å². The molecular formula is C25H22ClFN4O3. The number of aromatic nitrogens is 4. The summed E-state index contributed by atoms with van der Waals surface area (Å²) in [5.74, 6) is -0.546. The molecule has 0 spiro atoms. The number of fused-ring (bicyclic) bond motifs is 1. The highest BCUT2D eigenvalue weighted by molar-refractivity contribution is 6.30. The van der Waals surface area contributed by atoms with Crippen LogP contribution in [0.15, 0.2) is 52.2 Å². The van der Waals surface area contributed by atoms with E-state index in [-0.39, 0.29) is 28.2 Å². The Balaban J connectivity index is 1.66. The highest BCUT2D eigenvalue weighted by atomic mass is 35.5. The highest BCUT2D eigenvalue weighted by Crippen LogP contribution is 2.38. The molecule has 1 N–H and O–H groups in total. The minimum Gasteiger partial charge on any atom is -0.373 e. The van der Waals surface area contributed by atoms with Gasteiger partial charge in [-0.3, -0.25) is 9.59 Å². The van der Waals surface area contributed by atoms with Gasteiger partial charge in [-0.2, -0.15) is 9.61 Å². The van der Waals surface area contributed by atoms with Crippen LogP contribution in [0.1, 0.15) is 47.4 Å². The van der Waals surface area contributed by atoms with Gasteiger partial charge in [-0.25, -0.2) is 9.37 Å². The average molecular weight is 481 g/mol. The molecule has 7 nitrogen and oxygen atoms in total. The van der Waals surface area contributed by atoms with E-state index in [1.54, 1.807) is 38.2 Å². The summed E-state index contributed by atoms with van der Waals surface area (Å²) in [5.41, 5.74) is 3.17. The van der Waals surface area contributed by atoms with Gasteiger partial charge in [-0.15, -0.1) is 0 Å². The van der Waals surface area contributed by atoms with E-state index in [1.165, 1.54) is 16.6 Å². The number of hydrogen-bond donors (Lipinski definition) is 1. The first-order valence-corrected chi connectivity index (χ1v) is 11.4. The lowest BCUT2D eigenvalue weighted by Crippen LogP contribution is -2.25. The second kappa shape index (κ2) is 8.77. The molecule has 4 heterocycles. The van der Waals surface area contributed by atoms with Crippen molar-refractivity contribution < 1.29 is 9.13 Å². The van der Waals surface area contributed by atoms with E-state index < -0.39 is 5.82 Å². The standard InChI is InChI=1S/C25H22ClFN4O3/c1-13-14(2)29-24-19(18-5-4-17(26)10-20(18)27)11-21(30-31(24)25(13)33)15-7-8-34-22(9-15)16-3-6-23(32)28-12-16/h3-6,10-12,15,22H,7-9H2,1-2H3,(H,28,32)/t15-,22+/m1/s1. The highest BCUT2D eigenvalue weighted by Gasteiger charge is 2.28. The maximum absolute atomic E-state index is 15.0. The van der Waals surface area contributed by atoms with E-state index in [0.29, 0.717) is 53.2 Å². The Hall–Kier alpha value is -3.36. The van der Waals surface area contributed by atoms with E-state index in [0.717, 1.165) is 5.56 Å². The van der Waals surface area contributed by atoms with Crippen LogP contribution in [-0.4, -0.2) is 26.2 Å². The largest absolute Gasteiger partial charge is 0.373 e. The number of benzene rings is 1. The minimum absolute atomic E-state index is 0.0438. The summed E-state index contributed by atoms with van der Waals surface area (Å²) in [4.78, 5) is 31.8. The van der Waals surface area contributed by atoms with Crippen molar-refractivity contribution in [1.82, 2.24) is 19.6 Å². The lowest BCUT2D eigenvalue weighted by Gasteiger charge is -2.29. The first-order valence-electron chi connectivity index (χ1n) is 11.0. The van der Waals surface area contributed by atoms with Crippen molar-refractivity contribution in [2.75, 3.05) is 6.61 Å². The number of rotatable bonds is 3. The predicted molar refractivity (Wildman–Crippen MR) is 127 cm³/mol. The fourth-order valence-electron chi connectivity index (χ4n) is 4.35. The van der Waals surface area contributed by atoms with Crippen LogP contribution in [0.25, 0.3) is 16.8 Å². The fourth-order valence-corrected chi connectivity index (χ4v) is 4.51. The van der Waals surface area contributed by atoms with Crippen molar-refractivity contribution in [3.63, 3.8) is 0 Å². The zero-order valence-electron chi connectivity index (χ0n) is 18.6. The SMILES string of the molecule is Cc1nc2c(-c3ccc(Cl)cc3F)cc([C@@H]3CCO[C@H](c4ccc(=O)[nH]c4)C3)nn2c(=O)c1C. The normalized spacial score (nSPS) is 18.4. The number of hydrogen-bond acceptors (Lipinski definition) is 5. The van der Waals surface area contributed by atoms with Gasteiger partial charge in [0, 0.05) is 52.2 Å². The van der Waals surface area contributed by atoms with Gasteiger partial charge < -0.3 is 9.72 Å². The Labute approximate surface area is 199 Å². The molecule has 5 rings (SSSR count). The van der Waals surface area contributed by atoms with Crippen molar-refractivity contribution in [3.05, 3.63) is 96.7 Å². The predicted octanol–water partition coefficient (Wildman–Crippen LogP) is 4.49. The molecule has 174 valence electrons. The number of pyridine rings is 1. The van der Waals surface area contributed by atoms with E-state index in [4.69, 9.17) is 16.3 Å². The number of aryl methyl sites for hydroxylation is 1. The molecule has 1 saturated heterocycles. The van der Waals surface area contributed by atoms with Crippen molar-refractivity contribution in [2.24, 2.45) is 0 Å². The summed E-state index contributed by atoms with van der Waals surface area (Å²) in [6.07, 6.45) is 2.70. The zero-order valence-corrected chi connectivity index (χ0v) is 19.4. The van der Waals surface area contributed by atoms with Crippen LogP contribution in [0, 0.1) is 19.7 Å². The molecule has 1 aliphatic heterocycles. The molecule has 0 aliphatic carbocycles. The summed E-state index contributed by atoms with van der Waals surface area (Å²) >= 11 is 5.97. The van der Waals surface area contributed by atoms with Gasteiger partial charge >= 0.3 is 0 Å². The summed E-state index contributed by atoms with van der Waals surface area (Å²) in [5, 5.41) is 4.94. The molecule has 1 aliphatic rings. The van der Waals surface area contributed by atoms with Crippen molar-refractivity contribution in [3.8, 4) is 11.1 Å². The fraction of sp³-hybridized carbons (Fsp3) is 0.280. The van der Waals surface area contributed by atoms with Crippen LogP contribution in [0.4, 0.5) is 4.39 Å². The molecule has 3 aromatic heterocycles. The van der Waals surface area contributed by atoms with Crippen LogP contribution in [0.5, 0.6) is 0 Å². The van der Waals surface area contributed by atoms with Crippen molar-refractivity contribution in [1.29, 1.82) is 0 Å². The molecule has 1 fully saturated rings. The third-order valence-electron chi connectivity index (χ3n) is 6.38. The van der Waals surface area contributed by atoms with Crippen molar-refractivity contribution >= 4 is 17.2 Å². The monoisotopic (exact) mass is 480 g/mol. The van der Waals surface area contributed by atoms with Gasteiger partial charge in [0.1, 0.15) is 5.82 Å². The summed E-state index contributed by atoms with van der Waals surface area (Å²) < 4.78 is 22.2. The Morgan fingerprint density at radius 3 is 2.71 bits per heavy atom. The summed E-state index contributed by atoms with van der Waals surface area (Å²) in [6, 6.07) is 9.46. The number of ether oxygens (including phenoxy) is 1. The molecule has 9 heteroatoms. The average Bonchev–Trinajstić information content (AvgIpc) is 2.83. The topological polar surface area (TPSA) is 89.3 Å². The number of H-pyrrole nitrogens is 1. The van der Waals surface area contributed by atoms with E-state index in [9.17, 15) is 14.0 Å². The lowest BCUT2D eigenvalue weighted by atomic mass is 9.89. The third kappa shape index (κ3) is 4.03. The van der Waals surface area contributed by atoms with Gasteiger partial charge in [-0.05, 0) is 62.6 Å². The smallest absolute Gasteiger partial charge is 0.277 e. The number of aromatic amines is 1. The Bertz CT molecular complexity index is 1510. The Morgan fingerprint density at radius 1 is 1.15 bits per heavy atom. The quantitative estimate of drug-likeness (QED) is 0.466. The molecule has 4 aromatic rings. The first kappa shape index (κ1) is 22.4. The second-order valence-corrected chi connectivity index (χ2v) is 8.97. The van der Waals surface area contributed by atoms with Crippen LogP contribution in [0.3, 0.4) is 0 Å². The van der Waals surface area contributed by atoms with E-state index >= 15 is 0 Å². The maximum atomic E-state index is 15.0. The number of nitrogens with one attached hydrogen (secondary N) is 1. The van der Waals surface area contributed by atoms with E-state index in [2.05, 4.69) is 15.1 Å². The molecule has 0 radical (unpaired) electrons.